The molecule has 21 heavy (non-hydrogen) atoms. The number of nitrogens with zero attached hydrogens (tertiary/aromatic N) is 2. The predicted octanol–water partition coefficient (Wildman–Crippen LogP) is 3.59. The van der Waals surface area contributed by atoms with Gasteiger partial charge in [-0.2, -0.15) is 0 Å². The lowest BCUT2D eigenvalue weighted by atomic mass is 10.2. The van der Waals surface area contributed by atoms with E-state index in [1.165, 1.54) is 5.69 Å². The molecule has 3 N–H and O–H groups in total. The van der Waals surface area contributed by atoms with Gasteiger partial charge in [0.1, 0.15) is 0 Å². The van der Waals surface area contributed by atoms with Crippen LogP contribution in [0.2, 0.25) is 0 Å². The Morgan fingerprint density at radius 2 is 1.24 bits per heavy atom. The van der Waals surface area contributed by atoms with Crippen molar-refractivity contribution in [3.8, 4) is 0 Å². The Kier molecular flexibility index (Phi) is 5.06. The molecule has 112 valence electrons. The summed E-state index contributed by atoms with van der Waals surface area (Å²) < 4.78 is 0. The Morgan fingerprint density at radius 1 is 0.810 bits per heavy atom. The number of benzene rings is 2. The maximum absolute atomic E-state index is 5.70. The van der Waals surface area contributed by atoms with Crippen LogP contribution in [0.5, 0.6) is 0 Å². The minimum absolute atomic E-state index is 0.984. The molecule has 0 aromatic heterocycles. The van der Waals surface area contributed by atoms with Crippen molar-refractivity contribution in [3.05, 3.63) is 48.5 Å². The molecule has 0 spiro atoms. The van der Waals surface area contributed by atoms with Gasteiger partial charge in [-0.15, -0.1) is 0 Å². The van der Waals surface area contributed by atoms with Crippen LogP contribution in [0.1, 0.15) is 13.8 Å². The van der Waals surface area contributed by atoms with Gasteiger partial charge in [0.05, 0.1) is 5.69 Å². The summed E-state index contributed by atoms with van der Waals surface area (Å²) in [5.41, 5.74) is 4.37. The van der Waals surface area contributed by atoms with Crippen molar-refractivity contribution in [2.75, 3.05) is 35.4 Å². The average Bonchev–Trinajstić information content (AvgIpc) is 2.51. The van der Waals surface area contributed by atoms with Crippen molar-refractivity contribution in [1.82, 2.24) is 0 Å². The first-order valence-electron chi connectivity index (χ1n) is 7.34. The summed E-state index contributed by atoms with van der Waals surface area (Å²) >= 11 is 0. The highest BCUT2D eigenvalue weighted by molar-refractivity contribution is 5.64. The fourth-order valence-corrected chi connectivity index (χ4v) is 2.29. The minimum atomic E-state index is 0.984. The molecule has 0 amide bonds. The fraction of sp³-hybridized carbons (Fsp3) is 0.294. The average molecular weight is 284 g/mol. The Bertz CT molecular complexity index is 542. The van der Waals surface area contributed by atoms with Crippen LogP contribution in [0, 0.1) is 0 Å². The van der Waals surface area contributed by atoms with Gasteiger partial charge < -0.3 is 15.2 Å². The van der Waals surface area contributed by atoms with E-state index in [-0.39, 0.29) is 0 Å². The lowest BCUT2D eigenvalue weighted by Gasteiger charge is -2.21. The van der Waals surface area contributed by atoms with Crippen LogP contribution in [-0.2, 0) is 0 Å². The number of nitrogens with two attached hydrogens (primary N) is 1. The highest BCUT2D eigenvalue weighted by atomic mass is 15.4. The van der Waals surface area contributed by atoms with E-state index in [4.69, 9.17) is 5.84 Å². The molecule has 0 saturated heterocycles. The van der Waals surface area contributed by atoms with E-state index in [1.807, 2.05) is 31.3 Å². The summed E-state index contributed by atoms with van der Waals surface area (Å²) in [5.74, 6) is 5.70. The van der Waals surface area contributed by atoms with Gasteiger partial charge in [-0.25, -0.2) is 5.84 Å². The Hall–Kier alpha value is -2.20. The Balaban J connectivity index is 2.06. The zero-order valence-corrected chi connectivity index (χ0v) is 13.0. The minimum Gasteiger partial charge on any atom is -0.372 e. The third kappa shape index (κ3) is 3.89. The molecule has 0 saturated carbocycles. The van der Waals surface area contributed by atoms with Crippen LogP contribution < -0.4 is 21.1 Å². The van der Waals surface area contributed by atoms with Crippen LogP contribution >= 0.6 is 0 Å². The van der Waals surface area contributed by atoms with Gasteiger partial charge in [-0.05, 0) is 62.4 Å². The van der Waals surface area contributed by atoms with Gasteiger partial charge in [0.15, 0.2) is 0 Å². The third-order valence-electron chi connectivity index (χ3n) is 3.56. The van der Waals surface area contributed by atoms with Crippen molar-refractivity contribution in [3.63, 3.8) is 0 Å². The first kappa shape index (κ1) is 15.2. The molecular weight excluding hydrogens is 260 g/mol. The molecule has 0 aliphatic carbocycles. The van der Waals surface area contributed by atoms with Crippen molar-refractivity contribution in [1.29, 1.82) is 0 Å². The maximum atomic E-state index is 5.70. The molecule has 0 bridgehead atoms. The smallest absolute Gasteiger partial charge is 0.0515 e. The Labute approximate surface area is 127 Å². The number of anilines is 4. The lowest BCUT2D eigenvalue weighted by Crippen LogP contribution is -2.24. The van der Waals surface area contributed by atoms with E-state index in [1.54, 1.807) is 5.01 Å². The van der Waals surface area contributed by atoms with E-state index in [0.717, 1.165) is 30.2 Å². The zero-order chi connectivity index (χ0) is 15.2. The summed E-state index contributed by atoms with van der Waals surface area (Å²) in [5, 5.41) is 4.99. The van der Waals surface area contributed by atoms with E-state index < -0.39 is 0 Å². The summed E-state index contributed by atoms with van der Waals surface area (Å²) in [6, 6.07) is 16.6. The topological polar surface area (TPSA) is 44.5 Å². The highest BCUT2D eigenvalue weighted by Gasteiger charge is 2.02. The largest absolute Gasteiger partial charge is 0.372 e. The second-order valence-electron chi connectivity index (χ2n) is 5.00. The quantitative estimate of drug-likeness (QED) is 0.628. The molecular formula is C17H24N4. The van der Waals surface area contributed by atoms with Gasteiger partial charge in [0.2, 0.25) is 0 Å². The van der Waals surface area contributed by atoms with Gasteiger partial charge >= 0.3 is 0 Å². The first-order chi connectivity index (χ1) is 10.1. The second kappa shape index (κ2) is 6.99. The summed E-state index contributed by atoms with van der Waals surface area (Å²) in [6.45, 7) is 6.39. The molecule has 4 nitrogen and oxygen atoms in total. The monoisotopic (exact) mass is 284 g/mol. The molecule has 0 fully saturated rings. The van der Waals surface area contributed by atoms with E-state index >= 15 is 0 Å². The fourth-order valence-electron chi connectivity index (χ4n) is 2.29. The number of hydrogen-bond acceptors (Lipinski definition) is 4. The molecule has 0 radical (unpaired) electrons. The van der Waals surface area contributed by atoms with Gasteiger partial charge in [-0.1, -0.05) is 0 Å². The van der Waals surface area contributed by atoms with Crippen LogP contribution in [0.25, 0.3) is 0 Å². The highest BCUT2D eigenvalue weighted by Crippen LogP contribution is 2.22. The molecule has 2 aromatic carbocycles. The predicted molar refractivity (Wildman–Crippen MR) is 92.3 cm³/mol. The van der Waals surface area contributed by atoms with E-state index in [2.05, 4.69) is 48.3 Å². The van der Waals surface area contributed by atoms with Crippen LogP contribution in [-0.4, -0.2) is 20.1 Å². The summed E-state index contributed by atoms with van der Waals surface area (Å²) in [6.07, 6.45) is 0. The lowest BCUT2D eigenvalue weighted by molar-refractivity contribution is 0.866. The molecule has 0 unspecified atom stereocenters. The number of hydrogen-bond donors (Lipinski definition) is 2. The number of nitrogens with one attached hydrogen (secondary N) is 1. The number of rotatable bonds is 6. The maximum Gasteiger partial charge on any atom is 0.0515 e. The van der Waals surface area contributed by atoms with Crippen molar-refractivity contribution in [2.24, 2.45) is 5.84 Å². The van der Waals surface area contributed by atoms with E-state index in [9.17, 15) is 0 Å². The molecule has 0 atom stereocenters. The van der Waals surface area contributed by atoms with E-state index in [0.29, 0.717) is 0 Å². The molecule has 4 heteroatoms. The van der Waals surface area contributed by atoms with Gasteiger partial charge in [-0.3, -0.25) is 0 Å². The summed E-state index contributed by atoms with van der Waals surface area (Å²) in [7, 11) is 1.83. The summed E-state index contributed by atoms with van der Waals surface area (Å²) in [4.78, 5) is 2.33. The second-order valence-corrected chi connectivity index (χ2v) is 5.00. The van der Waals surface area contributed by atoms with Gasteiger partial charge in [0, 0.05) is 37.2 Å². The molecule has 2 aromatic rings. The van der Waals surface area contributed by atoms with Crippen LogP contribution in [0.3, 0.4) is 0 Å². The van der Waals surface area contributed by atoms with Crippen LogP contribution in [0.15, 0.2) is 48.5 Å². The van der Waals surface area contributed by atoms with Crippen molar-refractivity contribution < 1.29 is 0 Å². The Morgan fingerprint density at radius 3 is 1.62 bits per heavy atom. The SMILES string of the molecule is CCN(CC)c1ccc(Nc2ccc(N(C)N)cc2)cc1. The standard InChI is InChI=1S/C17H24N4/c1-4-21(5-2)17-12-8-15(9-13-17)19-14-6-10-16(11-7-14)20(3)18/h6-13,19H,4-5,18H2,1-3H3. The van der Waals surface area contributed by atoms with Crippen LogP contribution in [0.4, 0.5) is 22.7 Å². The van der Waals surface area contributed by atoms with Crippen molar-refractivity contribution in [2.45, 2.75) is 13.8 Å². The normalized spacial score (nSPS) is 10.3. The van der Waals surface area contributed by atoms with Crippen molar-refractivity contribution >= 4 is 22.7 Å². The molecule has 0 aliphatic heterocycles. The zero-order valence-electron chi connectivity index (χ0n) is 13.0. The van der Waals surface area contributed by atoms with Gasteiger partial charge in [0.25, 0.3) is 0 Å². The molecule has 2 rings (SSSR count). The first-order valence-corrected chi connectivity index (χ1v) is 7.34. The number of hydrazine groups is 1. The molecule has 0 heterocycles. The molecule has 0 aliphatic rings. The third-order valence-corrected chi connectivity index (χ3v) is 3.56.